The van der Waals surface area contributed by atoms with Crippen molar-refractivity contribution in [1.82, 2.24) is 10.2 Å². The maximum absolute atomic E-state index is 12.4. The fourth-order valence-electron chi connectivity index (χ4n) is 3.19. The number of methoxy groups -OCH3 is 1. The number of halogens is 1. The maximum Gasteiger partial charge on any atom is 0.287 e. The molecular formula is C19H23ClN2O3. The van der Waals surface area contributed by atoms with Crippen LogP contribution in [0.15, 0.2) is 40.8 Å². The molecule has 0 saturated carbocycles. The third kappa shape index (κ3) is 4.63. The summed E-state index contributed by atoms with van der Waals surface area (Å²) in [5.74, 6) is 0.741. The van der Waals surface area contributed by atoms with Gasteiger partial charge in [0.25, 0.3) is 5.91 Å². The van der Waals surface area contributed by atoms with Crippen molar-refractivity contribution in [2.24, 2.45) is 0 Å². The SMILES string of the molecule is COCc1ccc(C(=O)NCC(c2ccc(Cl)cc2)N2CCCC2)o1. The lowest BCUT2D eigenvalue weighted by Crippen LogP contribution is -2.36. The maximum atomic E-state index is 12.4. The van der Waals surface area contributed by atoms with Gasteiger partial charge < -0.3 is 14.5 Å². The van der Waals surface area contributed by atoms with Gasteiger partial charge in [0.15, 0.2) is 5.76 Å². The van der Waals surface area contributed by atoms with Gasteiger partial charge in [-0.3, -0.25) is 9.69 Å². The van der Waals surface area contributed by atoms with Crippen LogP contribution in [-0.2, 0) is 11.3 Å². The molecule has 25 heavy (non-hydrogen) atoms. The molecule has 6 heteroatoms. The third-order valence-electron chi connectivity index (χ3n) is 4.46. The second-order valence-electron chi connectivity index (χ2n) is 6.22. The Kier molecular flexibility index (Phi) is 6.13. The Morgan fingerprint density at radius 3 is 2.64 bits per heavy atom. The van der Waals surface area contributed by atoms with Crippen LogP contribution in [0.5, 0.6) is 0 Å². The zero-order chi connectivity index (χ0) is 17.6. The fraction of sp³-hybridized carbons (Fsp3) is 0.421. The van der Waals surface area contributed by atoms with E-state index in [1.165, 1.54) is 12.8 Å². The van der Waals surface area contributed by atoms with E-state index in [1.807, 2.05) is 24.3 Å². The number of benzene rings is 1. The predicted octanol–water partition coefficient (Wildman–Crippen LogP) is 3.65. The van der Waals surface area contributed by atoms with Gasteiger partial charge >= 0.3 is 0 Å². The lowest BCUT2D eigenvalue weighted by molar-refractivity contribution is 0.0901. The molecule has 1 aromatic carbocycles. The van der Waals surface area contributed by atoms with Gasteiger partial charge in [0.2, 0.25) is 0 Å². The second kappa shape index (κ2) is 8.52. The fourth-order valence-corrected chi connectivity index (χ4v) is 3.32. The van der Waals surface area contributed by atoms with Crippen LogP contribution in [0.3, 0.4) is 0 Å². The smallest absolute Gasteiger partial charge is 0.287 e. The van der Waals surface area contributed by atoms with Crippen molar-refractivity contribution in [3.8, 4) is 0 Å². The van der Waals surface area contributed by atoms with Crippen molar-refractivity contribution in [2.75, 3.05) is 26.7 Å². The highest BCUT2D eigenvalue weighted by Gasteiger charge is 2.24. The van der Waals surface area contributed by atoms with Crippen LogP contribution in [-0.4, -0.2) is 37.6 Å². The number of hydrogen-bond acceptors (Lipinski definition) is 4. The zero-order valence-corrected chi connectivity index (χ0v) is 15.1. The first-order valence-corrected chi connectivity index (χ1v) is 8.90. The molecule has 3 rings (SSSR count). The molecule has 1 saturated heterocycles. The van der Waals surface area contributed by atoms with Crippen LogP contribution in [0.1, 0.15) is 40.8 Å². The molecule has 1 atom stereocenters. The molecule has 0 bridgehead atoms. The molecule has 1 unspecified atom stereocenters. The van der Waals surface area contributed by atoms with Crippen LogP contribution in [0.2, 0.25) is 5.02 Å². The number of carbonyl (C=O) groups is 1. The molecular weight excluding hydrogens is 340 g/mol. The Labute approximate surface area is 152 Å². The first-order valence-electron chi connectivity index (χ1n) is 8.53. The van der Waals surface area contributed by atoms with Crippen molar-refractivity contribution in [3.05, 3.63) is 58.5 Å². The minimum Gasteiger partial charge on any atom is -0.453 e. The molecule has 5 nitrogen and oxygen atoms in total. The Balaban J connectivity index is 1.67. The van der Waals surface area contributed by atoms with E-state index in [4.69, 9.17) is 20.8 Å². The number of furan rings is 1. The molecule has 1 amide bonds. The largest absolute Gasteiger partial charge is 0.453 e. The van der Waals surface area contributed by atoms with Crippen LogP contribution >= 0.6 is 11.6 Å². The van der Waals surface area contributed by atoms with Crippen molar-refractivity contribution >= 4 is 17.5 Å². The monoisotopic (exact) mass is 362 g/mol. The van der Waals surface area contributed by atoms with Gasteiger partial charge in [0, 0.05) is 18.7 Å². The molecule has 2 aromatic rings. The highest BCUT2D eigenvalue weighted by molar-refractivity contribution is 6.30. The highest BCUT2D eigenvalue weighted by atomic mass is 35.5. The third-order valence-corrected chi connectivity index (χ3v) is 4.72. The summed E-state index contributed by atoms with van der Waals surface area (Å²) in [6.07, 6.45) is 2.38. The minimum absolute atomic E-state index is 0.136. The summed E-state index contributed by atoms with van der Waals surface area (Å²) in [6, 6.07) is 11.4. The van der Waals surface area contributed by atoms with Gasteiger partial charge in [-0.25, -0.2) is 0 Å². The molecule has 1 aliphatic rings. The molecule has 0 spiro atoms. The van der Waals surface area contributed by atoms with E-state index in [9.17, 15) is 4.79 Å². The quantitative estimate of drug-likeness (QED) is 0.816. The number of hydrogen-bond donors (Lipinski definition) is 1. The van der Waals surface area contributed by atoms with Gasteiger partial charge in [-0.2, -0.15) is 0 Å². The normalized spacial score (nSPS) is 16.1. The second-order valence-corrected chi connectivity index (χ2v) is 6.66. The number of likely N-dealkylation sites (tertiary alicyclic amines) is 1. The van der Waals surface area contributed by atoms with E-state index in [0.717, 1.165) is 18.7 Å². The molecule has 1 N–H and O–H groups in total. The number of nitrogens with one attached hydrogen (secondary N) is 1. The van der Waals surface area contributed by atoms with Gasteiger partial charge in [-0.05, 0) is 55.8 Å². The van der Waals surface area contributed by atoms with Crippen molar-refractivity contribution < 1.29 is 13.9 Å². The van der Waals surface area contributed by atoms with Gasteiger partial charge in [0.1, 0.15) is 12.4 Å². The average molecular weight is 363 g/mol. The number of nitrogens with zero attached hydrogens (tertiary/aromatic N) is 1. The summed E-state index contributed by atoms with van der Waals surface area (Å²) in [7, 11) is 1.59. The van der Waals surface area contributed by atoms with E-state index >= 15 is 0 Å². The molecule has 0 radical (unpaired) electrons. The summed E-state index contributed by atoms with van der Waals surface area (Å²) < 4.78 is 10.5. The molecule has 0 aliphatic carbocycles. The van der Waals surface area contributed by atoms with E-state index in [2.05, 4.69) is 10.2 Å². The lowest BCUT2D eigenvalue weighted by Gasteiger charge is -2.28. The van der Waals surface area contributed by atoms with Gasteiger partial charge in [-0.15, -0.1) is 0 Å². The van der Waals surface area contributed by atoms with E-state index in [-0.39, 0.29) is 11.9 Å². The average Bonchev–Trinajstić information content (AvgIpc) is 3.29. The van der Waals surface area contributed by atoms with Crippen molar-refractivity contribution in [3.63, 3.8) is 0 Å². The molecule has 134 valence electrons. The lowest BCUT2D eigenvalue weighted by atomic mass is 10.1. The molecule has 2 heterocycles. The number of amides is 1. The summed E-state index contributed by atoms with van der Waals surface area (Å²) in [6.45, 7) is 2.97. The van der Waals surface area contributed by atoms with Gasteiger partial charge in [-0.1, -0.05) is 23.7 Å². The topological polar surface area (TPSA) is 54.7 Å². The van der Waals surface area contributed by atoms with Crippen LogP contribution < -0.4 is 5.32 Å². The molecule has 1 fully saturated rings. The minimum atomic E-state index is -0.208. The van der Waals surface area contributed by atoms with Crippen molar-refractivity contribution in [1.29, 1.82) is 0 Å². The first-order chi connectivity index (χ1) is 12.2. The number of rotatable bonds is 7. The van der Waals surface area contributed by atoms with Crippen LogP contribution in [0.4, 0.5) is 0 Å². The van der Waals surface area contributed by atoms with Gasteiger partial charge in [0.05, 0.1) is 6.04 Å². The predicted molar refractivity (Wildman–Crippen MR) is 96.8 cm³/mol. The number of carbonyl (C=O) groups excluding carboxylic acids is 1. The Morgan fingerprint density at radius 1 is 1.24 bits per heavy atom. The molecule has 1 aliphatic heterocycles. The van der Waals surface area contributed by atoms with Crippen LogP contribution in [0, 0.1) is 0 Å². The molecule has 1 aromatic heterocycles. The zero-order valence-electron chi connectivity index (χ0n) is 14.3. The Morgan fingerprint density at radius 2 is 1.96 bits per heavy atom. The summed E-state index contributed by atoms with van der Waals surface area (Å²) in [5, 5.41) is 3.71. The van der Waals surface area contributed by atoms with Crippen molar-refractivity contribution in [2.45, 2.75) is 25.5 Å². The van der Waals surface area contributed by atoms with E-state index in [0.29, 0.717) is 29.7 Å². The summed E-state index contributed by atoms with van der Waals surface area (Å²) in [5.41, 5.74) is 1.16. The standard InChI is InChI=1S/C19H23ClN2O3/c1-24-13-16-8-9-18(25-16)19(23)21-12-17(22-10-2-3-11-22)14-4-6-15(20)7-5-14/h4-9,17H,2-3,10-13H2,1H3,(H,21,23). The first kappa shape index (κ1) is 18.0. The van der Waals surface area contributed by atoms with E-state index in [1.54, 1.807) is 19.2 Å². The van der Waals surface area contributed by atoms with Crippen LogP contribution in [0.25, 0.3) is 0 Å². The Bertz CT molecular complexity index is 693. The number of ether oxygens (including phenoxy) is 1. The summed E-state index contributed by atoms with van der Waals surface area (Å²) in [4.78, 5) is 14.8. The Hall–Kier alpha value is -1.82. The summed E-state index contributed by atoms with van der Waals surface area (Å²) >= 11 is 6.01. The van der Waals surface area contributed by atoms with E-state index < -0.39 is 0 Å². The highest BCUT2D eigenvalue weighted by Crippen LogP contribution is 2.26.